The zero-order valence-corrected chi connectivity index (χ0v) is 72.9. The molecule has 2 nitrogen and oxygen atoms in total. The molecule has 1 N–H and O–H groups in total. The van der Waals surface area contributed by atoms with E-state index < -0.39 is 5.41 Å². The van der Waals surface area contributed by atoms with Gasteiger partial charge < -0.3 is 10.2 Å². The molecular formula is C125H95BrN2. The number of anilines is 5. The van der Waals surface area contributed by atoms with Crippen LogP contribution in [0.15, 0.2) is 478 Å². The monoisotopic (exact) mass is 1700 g/mol. The SMILES string of the molecule is Brc1ccc2c(c1)C(c1ccccc1)(c1ccccc1)c1ccccc1-2.C.CC1(C)c2ccccc2-c2ccc(N(c3ccc4c(c3)C(c3ccccc3)(c3ccccc3)c3ccccc3-4)c3ccc(-c4ccc5ccccc5c4)cc3-c3ccccc3)cc21.CC1(C)c2ccccc2-c2ccc(Nc3ccc(-c4ccc5ccccc5c4)cc3-c3ccccc3)cc21. The van der Waals surface area contributed by atoms with Crippen LogP contribution in [0.4, 0.5) is 28.4 Å². The second kappa shape index (κ2) is 32.8. The van der Waals surface area contributed by atoms with Gasteiger partial charge in [-0.25, -0.2) is 0 Å². The predicted octanol–water partition coefficient (Wildman–Crippen LogP) is 34.0. The van der Waals surface area contributed by atoms with Gasteiger partial charge in [-0.3, -0.25) is 0 Å². The molecule has 0 aromatic heterocycles. The Morgan fingerprint density at radius 1 is 0.211 bits per heavy atom. The van der Waals surface area contributed by atoms with E-state index in [1.807, 2.05) is 0 Å². The van der Waals surface area contributed by atoms with Gasteiger partial charge in [0.25, 0.3) is 0 Å². The highest BCUT2D eigenvalue weighted by Gasteiger charge is 2.48. The third-order valence-electron chi connectivity index (χ3n) is 27.4. The van der Waals surface area contributed by atoms with Crippen molar-refractivity contribution in [1.82, 2.24) is 0 Å². The van der Waals surface area contributed by atoms with Crippen LogP contribution in [0.25, 0.3) is 111 Å². The van der Waals surface area contributed by atoms with Crippen LogP contribution in [-0.4, -0.2) is 0 Å². The van der Waals surface area contributed by atoms with Gasteiger partial charge in [0.1, 0.15) is 0 Å². The average Bonchev–Trinajstić information content (AvgIpc) is 1.53. The normalized spacial score (nSPS) is 13.5. The van der Waals surface area contributed by atoms with Gasteiger partial charge >= 0.3 is 0 Å². The highest BCUT2D eigenvalue weighted by atomic mass is 79.9. The van der Waals surface area contributed by atoms with E-state index in [0.717, 1.165) is 32.9 Å². The van der Waals surface area contributed by atoms with Crippen LogP contribution in [0.3, 0.4) is 0 Å². The van der Waals surface area contributed by atoms with E-state index in [1.54, 1.807) is 0 Å². The van der Waals surface area contributed by atoms with Gasteiger partial charge in [-0.15, -0.1) is 0 Å². The molecule has 128 heavy (non-hydrogen) atoms. The molecule has 0 radical (unpaired) electrons. The lowest BCUT2D eigenvalue weighted by atomic mass is 9.67. The van der Waals surface area contributed by atoms with E-state index in [4.69, 9.17) is 0 Å². The van der Waals surface area contributed by atoms with Gasteiger partial charge in [-0.2, -0.15) is 0 Å². The molecule has 4 aliphatic carbocycles. The van der Waals surface area contributed by atoms with Crippen molar-refractivity contribution in [3.63, 3.8) is 0 Å². The Morgan fingerprint density at radius 3 is 1.00 bits per heavy atom. The second-order valence-electron chi connectivity index (χ2n) is 35.1. The Morgan fingerprint density at radius 2 is 0.531 bits per heavy atom. The first-order valence-electron chi connectivity index (χ1n) is 44.2. The minimum absolute atomic E-state index is 0. The molecule has 0 aliphatic heterocycles. The number of hydrogen-bond acceptors (Lipinski definition) is 2. The summed E-state index contributed by atoms with van der Waals surface area (Å²) < 4.78 is 1.11. The summed E-state index contributed by atoms with van der Waals surface area (Å²) >= 11 is 3.71. The van der Waals surface area contributed by atoms with Crippen molar-refractivity contribution < 1.29 is 0 Å². The summed E-state index contributed by atoms with van der Waals surface area (Å²) in [4.78, 5) is 2.52. The lowest BCUT2D eigenvalue weighted by Crippen LogP contribution is -2.28. The Bertz CT molecular complexity index is 7520. The molecule has 0 unspecified atom stereocenters. The summed E-state index contributed by atoms with van der Waals surface area (Å²) in [7, 11) is 0. The number of hydrogen-bond donors (Lipinski definition) is 1. The van der Waals surface area contributed by atoms with Crippen LogP contribution >= 0.6 is 15.9 Å². The molecule has 0 saturated heterocycles. The van der Waals surface area contributed by atoms with Crippen molar-refractivity contribution in [2.45, 2.75) is 56.8 Å². The van der Waals surface area contributed by atoms with Crippen LogP contribution in [0.2, 0.25) is 0 Å². The van der Waals surface area contributed by atoms with E-state index in [-0.39, 0.29) is 23.7 Å². The van der Waals surface area contributed by atoms with Crippen LogP contribution in [0.1, 0.15) is 102 Å². The summed E-state index contributed by atoms with van der Waals surface area (Å²) in [5.74, 6) is 0. The first-order chi connectivity index (χ1) is 62.4. The summed E-state index contributed by atoms with van der Waals surface area (Å²) in [6.45, 7) is 9.41. The molecule has 612 valence electrons. The predicted molar refractivity (Wildman–Crippen MR) is 545 cm³/mol. The quantitative estimate of drug-likeness (QED) is 0.124. The Labute approximate surface area is 760 Å². The highest BCUT2D eigenvalue weighted by Crippen LogP contribution is 2.61. The second-order valence-corrected chi connectivity index (χ2v) is 36.0. The summed E-state index contributed by atoms with van der Waals surface area (Å²) in [6, 6.07) is 174. The summed E-state index contributed by atoms with van der Waals surface area (Å²) in [6.07, 6.45) is 0. The number of benzene rings is 20. The maximum Gasteiger partial charge on any atom is 0.0714 e. The van der Waals surface area contributed by atoms with Crippen molar-refractivity contribution in [1.29, 1.82) is 0 Å². The van der Waals surface area contributed by atoms with Crippen molar-refractivity contribution in [2.24, 2.45) is 0 Å². The minimum Gasteiger partial charge on any atom is -0.355 e. The fraction of sp³-hybridized carbons (Fsp3) is 0.0720. The molecule has 0 atom stereocenters. The lowest BCUT2D eigenvalue weighted by Gasteiger charge is -2.35. The topological polar surface area (TPSA) is 15.3 Å². The van der Waals surface area contributed by atoms with E-state index in [1.165, 1.54) is 177 Å². The summed E-state index contributed by atoms with van der Waals surface area (Å²) in [5.41, 5.74) is 40.5. The molecule has 0 bridgehead atoms. The third-order valence-corrected chi connectivity index (χ3v) is 27.9. The zero-order chi connectivity index (χ0) is 85.4. The number of fused-ring (bicyclic) bond motifs is 14. The van der Waals surface area contributed by atoms with Crippen molar-refractivity contribution in [3.05, 3.63) is 544 Å². The molecule has 0 amide bonds. The van der Waals surface area contributed by atoms with Gasteiger partial charge in [0, 0.05) is 49.2 Å². The number of nitrogens with one attached hydrogen (secondary N) is 1. The fourth-order valence-electron chi connectivity index (χ4n) is 21.4. The van der Waals surface area contributed by atoms with Gasteiger partial charge in [-0.1, -0.05) is 439 Å². The van der Waals surface area contributed by atoms with Crippen LogP contribution in [0.5, 0.6) is 0 Å². The van der Waals surface area contributed by atoms with Gasteiger partial charge in [0.2, 0.25) is 0 Å². The van der Waals surface area contributed by atoms with Gasteiger partial charge in [0.15, 0.2) is 0 Å². The highest BCUT2D eigenvalue weighted by molar-refractivity contribution is 9.10. The van der Waals surface area contributed by atoms with Gasteiger partial charge in [0.05, 0.1) is 16.5 Å². The average molecular weight is 1710 g/mol. The molecular weight excluding hydrogens is 1610 g/mol. The first kappa shape index (κ1) is 80.1. The standard InChI is InChI=1S/C62H45N.C37H29N.C25H17Br.CH4/c1-61(2)56-28-16-14-26-51(56)53-35-33-49(40-58(53)61)63(60-37-32-46(39-55(60)43-19-6-3-7-20-43)45-31-30-42-18-12-13-21-44(42)38-45)50-34-36-54-52-27-15-17-29-57(52)62(59(54)41-50,47-22-8-4-9-23-47)48-24-10-5-11-25-48;1-37(2)34-15-9-8-14-31(34)32-20-19-30(24-35(32)37)38-36-21-18-29(23-33(36)26-11-4-3-5-12-26)28-17-16-25-10-6-7-13-27(25)22-28;26-20-15-16-22-21-13-7-8-14-23(21)25(24(22)17-20,18-9-3-1-4-10-18)19-11-5-2-6-12-19;/h3-41H,1-2H3;3-24,38H,1-2H3;1-17H;1H4. The Hall–Kier alpha value is -15.0. The molecule has 4 aliphatic rings. The molecule has 20 aromatic carbocycles. The maximum atomic E-state index is 3.77. The van der Waals surface area contributed by atoms with Crippen LogP contribution < -0.4 is 10.2 Å². The Balaban J connectivity index is 0.000000129. The number of rotatable bonds is 13. The lowest BCUT2D eigenvalue weighted by molar-refractivity contribution is 0.660. The molecule has 20 aromatic rings. The largest absolute Gasteiger partial charge is 0.355 e. The summed E-state index contributed by atoms with van der Waals surface area (Å²) in [5, 5.41) is 8.78. The molecule has 0 spiro atoms. The van der Waals surface area contributed by atoms with Crippen molar-refractivity contribution in [3.8, 4) is 89.0 Å². The van der Waals surface area contributed by atoms with Crippen molar-refractivity contribution in [2.75, 3.05) is 10.2 Å². The third kappa shape index (κ3) is 13.5. The molecule has 0 heterocycles. The Kier molecular flexibility index (Phi) is 20.6. The molecule has 3 heteroatoms. The van der Waals surface area contributed by atoms with E-state index in [0.29, 0.717) is 0 Å². The van der Waals surface area contributed by atoms with Gasteiger partial charge in [-0.05, 0) is 251 Å². The minimum atomic E-state index is -0.528. The number of halogens is 1. The number of nitrogens with zero attached hydrogens (tertiary/aromatic N) is 1. The smallest absolute Gasteiger partial charge is 0.0714 e. The molecule has 0 saturated carbocycles. The first-order valence-corrected chi connectivity index (χ1v) is 45.0. The van der Waals surface area contributed by atoms with E-state index in [2.05, 4.69) is 527 Å². The van der Waals surface area contributed by atoms with Crippen LogP contribution in [-0.2, 0) is 21.7 Å². The zero-order valence-electron chi connectivity index (χ0n) is 71.4. The molecule has 0 fully saturated rings. The van der Waals surface area contributed by atoms with E-state index >= 15 is 0 Å². The van der Waals surface area contributed by atoms with Crippen molar-refractivity contribution >= 4 is 65.9 Å². The fourth-order valence-corrected chi connectivity index (χ4v) is 21.7. The van der Waals surface area contributed by atoms with E-state index in [9.17, 15) is 0 Å². The maximum absolute atomic E-state index is 3.77. The van der Waals surface area contributed by atoms with Crippen LogP contribution in [0, 0.1) is 0 Å². The molecule has 24 rings (SSSR count).